The molecule has 1 heterocycles. The molecule has 0 spiro atoms. The summed E-state index contributed by atoms with van der Waals surface area (Å²) in [5, 5.41) is 21.1. The van der Waals surface area contributed by atoms with Crippen LogP contribution < -0.4 is 0 Å². The first-order chi connectivity index (χ1) is 12.8. The van der Waals surface area contributed by atoms with Crippen molar-refractivity contribution in [3.63, 3.8) is 0 Å². The van der Waals surface area contributed by atoms with E-state index >= 15 is 0 Å². The van der Waals surface area contributed by atoms with Gasteiger partial charge in [0, 0.05) is 11.1 Å². The maximum atomic E-state index is 10.9. The van der Waals surface area contributed by atoms with E-state index in [1.54, 1.807) is 17.1 Å². The maximum Gasteiger partial charge on any atom is 0.355 e. The Labute approximate surface area is 171 Å². The zero-order valence-electron chi connectivity index (χ0n) is 16.7. The van der Waals surface area contributed by atoms with E-state index in [9.17, 15) is 9.90 Å². The fraction of sp³-hybridized carbons (Fsp3) is 0.714. The fourth-order valence-electron chi connectivity index (χ4n) is 3.69. The van der Waals surface area contributed by atoms with E-state index in [-0.39, 0.29) is 17.2 Å². The molecule has 0 bridgehead atoms. The number of aromatic carboxylic acids is 1. The molecule has 0 saturated heterocycles. The van der Waals surface area contributed by atoms with Crippen molar-refractivity contribution in [3.8, 4) is 0 Å². The largest absolute Gasteiger partial charge is 0.476 e. The van der Waals surface area contributed by atoms with Crippen LogP contribution in [0.2, 0.25) is 0 Å². The molecular formula is C21H33NO3S2. The first-order valence-corrected chi connectivity index (χ1v) is 11.9. The number of hydrogen-bond donors (Lipinski definition) is 2. The van der Waals surface area contributed by atoms with E-state index in [0.717, 1.165) is 35.8 Å². The van der Waals surface area contributed by atoms with Crippen molar-refractivity contribution >= 4 is 29.1 Å². The van der Waals surface area contributed by atoms with Gasteiger partial charge in [-0.2, -0.15) is 0 Å². The van der Waals surface area contributed by atoms with Crippen LogP contribution in [-0.4, -0.2) is 33.0 Å². The summed E-state index contributed by atoms with van der Waals surface area (Å²) in [6, 6.07) is 0. The summed E-state index contributed by atoms with van der Waals surface area (Å²) in [6.45, 7) is 6.49. The van der Waals surface area contributed by atoms with Crippen molar-refractivity contribution in [2.45, 2.75) is 76.2 Å². The van der Waals surface area contributed by atoms with Crippen LogP contribution in [0.5, 0.6) is 0 Å². The number of aliphatic hydroxyl groups is 1. The Balaban J connectivity index is 1.81. The Hall–Kier alpha value is -0.850. The van der Waals surface area contributed by atoms with Crippen LogP contribution in [0.15, 0.2) is 21.9 Å². The van der Waals surface area contributed by atoms with Gasteiger partial charge in [-0.15, -0.1) is 11.3 Å². The normalized spacial score (nSPS) is 21.8. The van der Waals surface area contributed by atoms with Crippen molar-refractivity contribution in [1.29, 1.82) is 0 Å². The van der Waals surface area contributed by atoms with Gasteiger partial charge in [-0.3, -0.25) is 0 Å². The Morgan fingerprint density at radius 1 is 1.48 bits per heavy atom. The van der Waals surface area contributed by atoms with Gasteiger partial charge in [0.2, 0.25) is 0 Å². The molecule has 1 aliphatic rings. The Morgan fingerprint density at radius 2 is 2.26 bits per heavy atom. The molecule has 1 aromatic rings. The number of allylic oxidation sites excluding steroid dienone is 1. The van der Waals surface area contributed by atoms with Crippen LogP contribution >= 0.6 is 23.1 Å². The number of unbranched alkanes of at least 4 members (excludes halogenated alkanes) is 1. The van der Waals surface area contributed by atoms with Gasteiger partial charge in [0.25, 0.3) is 0 Å². The van der Waals surface area contributed by atoms with E-state index in [1.807, 2.05) is 6.08 Å². The minimum absolute atomic E-state index is 0.0663. The number of carboxylic acids is 1. The Morgan fingerprint density at radius 3 is 2.93 bits per heavy atom. The Kier molecular flexibility index (Phi) is 8.83. The molecule has 1 aromatic heterocycles. The van der Waals surface area contributed by atoms with Crippen LogP contribution in [0.1, 0.15) is 76.2 Å². The smallest absolute Gasteiger partial charge is 0.355 e. The number of thioether (sulfide) groups is 1. The molecule has 4 nitrogen and oxygen atoms in total. The number of aromatic nitrogens is 1. The van der Waals surface area contributed by atoms with E-state index in [0.29, 0.717) is 11.8 Å². The van der Waals surface area contributed by atoms with Gasteiger partial charge >= 0.3 is 5.97 Å². The number of carbonyl (C=O) groups is 1. The molecule has 2 N–H and O–H groups in total. The zero-order valence-corrected chi connectivity index (χ0v) is 18.3. The van der Waals surface area contributed by atoms with E-state index in [1.165, 1.54) is 30.6 Å². The first-order valence-electron chi connectivity index (χ1n) is 10.0. The summed E-state index contributed by atoms with van der Waals surface area (Å²) in [7, 11) is 0. The topological polar surface area (TPSA) is 70.4 Å². The summed E-state index contributed by atoms with van der Waals surface area (Å²) < 4.78 is 0.839. The van der Waals surface area contributed by atoms with Gasteiger partial charge in [-0.05, 0) is 42.9 Å². The summed E-state index contributed by atoms with van der Waals surface area (Å²) in [4.78, 5) is 15.0. The van der Waals surface area contributed by atoms with Gasteiger partial charge < -0.3 is 10.2 Å². The predicted molar refractivity (Wildman–Crippen MR) is 114 cm³/mol. The van der Waals surface area contributed by atoms with E-state index < -0.39 is 5.97 Å². The van der Waals surface area contributed by atoms with Crippen LogP contribution in [-0.2, 0) is 0 Å². The predicted octanol–water partition coefficient (Wildman–Crippen LogP) is 5.87. The fourth-order valence-corrected chi connectivity index (χ4v) is 5.63. The first kappa shape index (κ1) is 22.4. The molecule has 27 heavy (non-hydrogen) atoms. The summed E-state index contributed by atoms with van der Waals surface area (Å²) in [5.74, 6) is 1.21. The second kappa shape index (κ2) is 10.6. The lowest BCUT2D eigenvalue weighted by Crippen LogP contribution is -2.27. The standard InChI is InChI=1S/C21H33NO3S2/c1-4-5-12-21(2,3)18(23)10-9-15-7-6-8-16(15)11-13-26-20-22-17(14-27-20)19(24)25/h9-10,14-16,18,23H,4-8,11-13H2,1-3H3,(H,24,25)/b10-9+/t15-,16+,18+/m0/s1. The molecule has 1 fully saturated rings. The maximum absolute atomic E-state index is 10.9. The monoisotopic (exact) mass is 411 g/mol. The minimum atomic E-state index is -0.959. The quantitative estimate of drug-likeness (QED) is 0.352. The number of carboxylic acid groups (broad SMARTS) is 1. The van der Waals surface area contributed by atoms with Gasteiger partial charge in [-0.1, -0.05) is 63.9 Å². The summed E-state index contributed by atoms with van der Waals surface area (Å²) >= 11 is 3.06. The molecule has 6 heteroatoms. The third kappa shape index (κ3) is 6.91. The lowest BCUT2D eigenvalue weighted by molar-refractivity contribution is 0.0691. The van der Waals surface area contributed by atoms with E-state index in [2.05, 4.69) is 31.8 Å². The molecule has 152 valence electrons. The molecule has 0 amide bonds. The SMILES string of the molecule is CCCCC(C)(C)[C@H](O)/C=C/[C@@H]1CCC[C@@H]1CCSc1nc(C(=O)O)cs1. The summed E-state index contributed by atoms with van der Waals surface area (Å²) in [6.07, 6.45) is 12.1. The van der Waals surface area contributed by atoms with Crippen molar-refractivity contribution in [2.24, 2.45) is 17.3 Å². The van der Waals surface area contributed by atoms with Gasteiger partial charge in [-0.25, -0.2) is 9.78 Å². The number of hydrogen-bond acceptors (Lipinski definition) is 5. The third-order valence-electron chi connectivity index (χ3n) is 5.65. The van der Waals surface area contributed by atoms with Crippen LogP contribution in [0.25, 0.3) is 0 Å². The van der Waals surface area contributed by atoms with Crippen molar-refractivity contribution < 1.29 is 15.0 Å². The van der Waals surface area contributed by atoms with Crippen molar-refractivity contribution in [2.75, 3.05) is 5.75 Å². The molecule has 1 saturated carbocycles. The number of rotatable bonds is 11. The zero-order chi connectivity index (χ0) is 19.9. The van der Waals surface area contributed by atoms with Crippen LogP contribution in [0, 0.1) is 17.3 Å². The van der Waals surface area contributed by atoms with Crippen LogP contribution in [0.4, 0.5) is 0 Å². The highest BCUT2D eigenvalue weighted by molar-refractivity contribution is 8.01. The Bertz CT molecular complexity index is 627. The molecule has 1 aliphatic carbocycles. The molecule has 0 aliphatic heterocycles. The highest BCUT2D eigenvalue weighted by Gasteiger charge is 2.28. The molecule has 3 atom stereocenters. The highest BCUT2D eigenvalue weighted by Crippen LogP contribution is 2.38. The lowest BCUT2D eigenvalue weighted by atomic mass is 9.80. The minimum Gasteiger partial charge on any atom is -0.476 e. The van der Waals surface area contributed by atoms with Crippen LogP contribution in [0.3, 0.4) is 0 Å². The van der Waals surface area contributed by atoms with Gasteiger partial charge in [0.1, 0.15) is 0 Å². The molecule has 0 radical (unpaired) electrons. The molecule has 0 aromatic carbocycles. The number of nitrogens with zero attached hydrogens (tertiary/aromatic N) is 1. The second-order valence-corrected chi connectivity index (χ2v) is 10.4. The van der Waals surface area contributed by atoms with Crippen molar-refractivity contribution in [3.05, 3.63) is 23.2 Å². The molecule has 2 rings (SSSR count). The lowest BCUT2D eigenvalue weighted by Gasteiger charge is -2.29. The molecule has 0 unspecified atom stereocenters. The second-order valence-electron chi connectivity index (χ2n) is 8.22. The highest BCUT2D eigenvalue weighted by atomic mass is 32.2. The van der Waals surface area contributed by atoms with Gasteiger partial charge in [0.05, 0.1) is 6.10 Å². The average Bonchev–Trinajstić information content (AvgIpc) is 3.27. The third-order valence-corrected chi connectivity index (χ3v) is 7.70. The van der Waals surface area contributed by atoms with Gasteiger partial charge in [0.15, 0.2) is 10.0 Å². The van der Waals surface area contributed by atoms with E-state index in [4.69, 9.17) is 5.11 Å². The summed E-state index contributed by atoms with van der Waals surface area (Å²) in [5.41, 5.74) is 0.0761. The number of aliphatic hydroxyl groups excluding tert-OH is 1. The van der Waals surface area contributed by atoms with Crippen molar-refractivity contribution in [1.82, 2.24) is 4.98 Å². The number of thiazole rings is 1. The molecular weight excluding hydrogens is 378 g/mol. The average molecular weight is 412 g/mol.